The van der Waals surface area contributed by atoms with E-state index in [1.807, 2.05) is 13.8 Å². The first kappa shape index (κ1) is 21.9. The first-order chi connectivity index (χ1) is 15.6. The van der Waals surface area contributed by atoms with Crippen molar-refractivity contribution in [1.29, 1.82) is 0 Å². The Balaban J connectivity index is 1.91. The number of fused-ring (bicyclic) bond motifs is 3. The number of benzene rings is 2. The molecule has 168 valence electrons. The highest BCUT2D eigenvalue weighted by Gasteiger charge is 2.38. The second-order valence-corrected chi connectivity index (χ2v) is 11.5. The molecule has 0 radical (unpaired) electrons. The van der Waals surface area contributed by atoms with Crippen LogP contribution in [-0.2, 0) is 19.9 Å². The Hall–Kier alpha value is -2.90. The molecule has 1 aliphatic heterocycles. The van der Waals surface area contributed by atoms with Crippen molar-refractivity contribution in [3.05, 3.63) is 63.3 Å². The van der Waals surface area contributed by atoms with E-state index in [9.17, 15) is 0 Å². The molecule has 4 aromatic rings. The lowest BCUT2D eigenvalue weighted by Crippen LogP contribution is -2.34. The van der Waals surface area contributed by atoms with E-state index in [2.05, 4.69) is 73.8 Å². The standard InChI is InChI=1S/C29H31N2OS/c1-16(2)11-19-13-20-12-17(3)18(4)24-25(20)23(14-19)32-27-21(15-29(5,6)30-7)28-22(9-10-33-28)31(8)26(24)27/h9-10,12-14,16H,11,15H2,1-6,8H3/q+1. The molecule has 0 amide bonds. The van der Waals surface area contributed by atoms with Gasteiger partial charge in [-0.3, -0.25) is 0 Å². The van der Waals surface area contributed by atoms with Gasteiger partial charge in [0.25, 0.3) is 5.69 Å². The summed E-state index contributed by atoms with van der Waals surface area (Å²) in [6.07, 6.45) is 1.68. The van der Waals surface area contributed by atoms with Crippen LogP contribution in [0.4, 0.5) is 0 Å². The molecule has 0 N–H and O–H groups in total. The van der Waals surface area contributed by atoms with E-state index in [0.717, 1.165) is 29.2 Å². The van der Waals surface area contributed by atoms with Crippen LogP contribution in [0, 0.1) is 26.3 Å². The van der Waals surface area contributed by atoms with Crippen LogP contribution in [0.3, 0.4) is 0 Å². The SMILES string of the molecule is [C-]#[N+]C(C)(C)Cc1c2c([n+](C)c3ccsc13)-c1c(C)c(C)cc3cc(CC(C)C)cc(c13)O2. The number of aromatic nitrogens is 1. The molecule has 0 saturated heterocycles. The van der Waals surface area contributed by atoms with E-state index in [-0.39, 0.29) is 0 Å². The van der Waals surface area contributed by atoms with Gasteiger partial charge in [0, 0.05) is 30.9 Å². The van der Waals surface area contributed by atoms with Crippen molar-refractivity contribution in [3.8, 4) is 22.8 Å². The molecule has 1 aliphatic rings. The Morgan fingerprint density at radius 2 is 1.94 bits per heavy atom. The summed E-state index contributed by atoms with van der Waals surface area (Å²) in [5, 5.41) is 4.61. The number of nitrogens with zero attached hydrogens (tertiary/aromatic N) is 2. The Morgan fingerprint density at radius 3 is 2.64 bits per heavy atom. The molecule has 0 saturated carbocycles. The van der Waals surface area contributed by atoms with Crippen molar-refractivity contribution in [1.82, 2.24) is 0 Å². The molecule has 5 rings (SSSR count). The van der Waals surface area contributed by atoms with Crippen LogP contribution in [0.15, 0.2) is 29.6 Å². The van der Waals surface area contributed by atoms with E-state index in [1.165, 1.54) is 43.2 Å². The Bertz CT molecular complexity index is 1480. The average Bonchev–Trinajstić information content (AvgIpc) is 3.23. The number of hydrogen-bond donors (Lipinski definition) is 0. The second-order valence-electron chi connectivity index (χ2n) is 10.5. The smallest absolute Gasteiger partial charge is 0.257 e. The predicted molar refractivity (Wildman–Crippen MR) is 138 cm³/mol. The van der Waals surface area contributed by atoms with E-state index in [0.29, 0.717) is 12.3 Å². The first-order valence-electron chi connectivity index (χ1n) is 11.7. The van der Waals surface area contributed by atoms with Crippen molar-refractivity contribution < 1.29 is 9.30 Å². The zero-order chi connectivity index (χ0) is 23.7. The zero-order valence-electron chi connectivity index (χ0n) is 20.6. The van der Waals surface area contributed by atoms with E-state index in [4.69, 9.17) is 11.3 Å². The summed E-state index contributed by atoms with van der Waals surface area (Å²) < 4.78 is 10.3. The van der Waals surface area contributed by atoms with Crippen LogP contribution in [0.25, 0.3) is 37.1 Å². The fourth-order valence-electron chi connectivity index (χ4n) is 5.21. The fraction of sp³-hybridized carbons (Fsp3) is 0.379. The molecule has 2 aromatic carbocycles. The average molecular weight is 456 g/mol. The molecule has 0 aliphatic carbocycles. The van der Waals surface area contributed by atoms with Crippen molar-refractivity contribution in [2.75, 3.05) is 0 Å². The number of ether oxygens (including phenoxy) is 1. The normalized spacial score (nSPS) is 12.8. The van der Waals surface area contributed by atoms with Crippen molar-refractivity contribution in [3.63, 3.8) is 0 Å². The van der Waals surface area contributed by atoms with Crippen LogP contribution in [0.5, 0.6) is 11.5 Å². The van der Waals surface area contributed by atoms with Gasteiger partial charge >= 0.3 is 0 Å². The fourth-order valence-corrected chi connectivity index (χ4v) is 6.18. The second kappa shape index (κ2) is 7.57. The topological polar surface area (TPSA) is 17.5 Å². The Kier molecular flexibility index (Phi) is 5.03. The van der Waals surface area contributed by atoms with E-state index < -0.39 is 5.54 Å². The van der Waals surface area contributed by atoms with Gasteiger partial charge in [-0.05, 0) is 59.7 Å². The number of thiophene rings is 1. The summed E-state index contributed by atoms with van der Waals surface area (Å²) in [5.74, 6) is 2.45. The van der Waals surface area contributed by atoms with Crippen LogP contribution in [-0.4, -0.2) is 5.54 Å². The van der Waals surface area contributed by atoms with Gasteiger partial charge in [0.2, 0.25) is 16.8 Å². The van der Waals surface area contributed by atoms with Crippen LogP contribution >= 0.6 is 11.3 Å². The van der Waals surface area contributed by atoms with Gasteiger partial charge in [-0.15, -0.1) is 11.3 Å². The van der Waals surface area contributed by atoms with Crippen molar-refractivity contribution in [2.45, 2.75) is 59.9 Å². The largest absolute Gasteiger partial charge is 0.449 e. The number of hydrogen-bond acceptors (Lipinski definition) is 2. The Morgan fingerprint density at radius 1 is 1.18 bits per heavy atom. The third-order valence-electron chi connectivity index (χ3n) is 6.89. The molecule has 0 fully saturated rings. The number of rotatable bonds is 4. The van der Waals surface area contributed by atoms with Gasteiger partial charge in [0.1, 0.15) is 17.5 Å². The molecule has 0 unspecified atom stereocenters. The van der Waals surface area contributed by atoms with Crippen LogP contribution < -0.4 is 9.30 Å². The minimum Gasteiger partial charge on any atom is -0.449 e. The minimum atomic E-state index is -0.495. The lowest BCUT2D eigenvalue weighted by atomic mass is 9.86. The van der Waals surface area contributed by atoms with Gasteiger partial charge < -0.3 is 9.58 Å². The van der Waals surface area contributed by atoms with Crippen molar-refractivity contribution in [2.24, 2.45) is 13.0 Å². The first-order valence-corrected chi connectivity index (χ1v) is 12.5. The van der Waals surface area contributed by atoms with Gasteiger partial charge in [0.05, 0.1) is 12.0 Å². The molecule has 3 heterocycles. The van der Waals surface area contributed by atoms with E-state index >= 15 is 0 Å². The lowest BCUT2D eigenvalue weighted by Gasteiger charge is -2.25. The highest BCUT2D eigenvalue weighted by molar-refractivity contribution is 7.17. The molecule has 3 nitrogen and oxygen atoms in total. The van der Waals surface area contributed by atoms with Gasteiger partial charge in [-0.1, -0.05) is 26.0 Å². The van der Waals surface area contributed by atoms with Crippen molar-refractivity contribution >= 4 is 32.3 Å². The molecule has 0 spiro atoms. The third-order valence-corrected chi connectivity index (χ3v) is 7.85. The summed E-state index contributed by atoms with van der Waals surface area (Å²) in [5.41, 5.74) is 8.17. The number of aryl methyl sites for hydroxylation is 2. The monoisotopic (exact) mass is 455 g/mol. The third kappa shape index (κ3) is 3.42. The summed E-state index contributed by atoms with van der Waals surface area (Å²) in [6, 6.07) is 9.08. The molecule has 2 aromatic heterocycles. The maximum Gasteiger partial charge on any atom is 0.257 e. The number of pyridine rings is 1. The molecule has 0 bridgehead atoms. The van der Waals surface area contributed by atoms with E-state index in [1.54, 1.807) is 11.3 Å². The van der Waals surface area contributed by atoms with Crippen LogP contribution in [0.1, 0.15) is 49.9 Å². The van der Waals surface area contributed by atoms with Crippen LogP contribution in [0.2, 0.25) is 0 Å². The lowest BCUT2D eigenvalue weighted by molar-refractivity contribution is -0.633. The minimum absolute atomic E-state index is 0.495. The molecule has 4 heteroatoms. The van der Waals surface area contributed by atoms with Gasteiger partial charge in [0.15, 0.2) is 0 Å². The van der Waals surface area contributed by atoms with Gasteiger partial charge in [-0.2, -0.15) is 4.57 Å². The summed E-state index contributed by atoms with van der Waals surface area (Å²) >= 11 is 1.74. The Labute approximate surface area is 200 Å². The molecular weight excluding hydrogens is 424 g/mol. The summed E-state index contributed by atoms with van der Waals surface area (Å²) in [6.45, 7) is 20.8. The highest BCUT2D eigenvalue weighted by Crippen LogP contribution is 2.51. The molecule has 33 heavy (non-hydrogen) atoms. The molecular formula is C29H31N2OS+. The predicted octanol–water partition coefficient (Wildman–Crippen LogP) is 7.71. The maximum absolute atomic E-state index is 7.76. The van der Waals surface area contributed by atoms with Gasteiger partial charge in [-0.25, -0.2) is 6.57 Å². The highest BCUT2D eigenvalue weighted by atomic mass is 32.1. The maximum atomic E-state index is 7.76. The quantitative estimate of drug-likeness (QED) is 0.200. The molecule has 0 atom stereocenters. The summed E-state index contributed by atoms with van der Waals surface area (Å²) in [4.78, 5) is 3.93. The zero-order valence-corrected chi connectivity index (χ0v) is 21.4. The summed E-state index contributed by atoms with van der Waals surface area (Å²) in [7, 11) is 2.15.